The number of aryl methyl sites for hydroxylation is 1. The third-order valence-corrected chi connectivity index (χ3v) is 7.69. The number of anilines is 3. The largest absolute Gasteiger partial charge is 0.373 e. The average Bonchev–Trinajstić information content (AvgIpc) is 3.71. The quantitative estimate of drug-likeness (QED) is 0.241. The predicted molar refractivity (Wildman–Crippen MR) is 159 cm³/mol. The normalized spacial score (nSPS) is 13.9. The molecule has 12 heteroatoms. The van der Waals surface area contributed by atoms with E-state index >= 15 is 0 Å². The summed E-state index contributed by atoms with van der Waals surface area (Å²) >= 11 is 1.98. The van der Waals surface area contributed by atoms with Crippen LogP contribution < -0.4 is 27.0 Å². The van der Waals surface area contributed by atoms with Crippen LogP contribution in [-0.4, -0.2) is 30.9 Å². The van der Waals surface area contributed by atoms with Gasteiger partial charge in [-0.2, -0.15) is 0 Å². The number of nitrogens with one attached hydrogen (secondary N) is 1. The molecule has 208 valence electrons. The van der Waals surface area contributed by atoms with E-state index in [0.717, 1.165) is 4.90 Å². The lowest BCUT2D eigenvalue weighted by molar-refractivity contribution is -0.118. The molecule has 1 aliphatic rings. The molecule has 40 heavy (non-hydrogen) atoms. The van der Waals surface area contributed by atoms with Gasteiger partial charge in [0.15, 0.2) is 0 Å². The van der Waals surface area contributed by atoms with E-state index in [1.165, 1.54) is 53.7 Å². The second kappa shape index (κ2) is 10.3. The van der Waals surface area contributed by atoms with Crippen LogP contribution >= 0.6 is 22.6 Å². The molecule has 1 amide bonds. The van der Waals surface area contributed by atoms with Gasteiger partial charge in [-0.25, -0.2) is 9.18 Å². The van der Waals surface area contributed by atoms with E-state index in [9.17, 15) is 28.7 Å². The van der Waals surface area contributed by atoms with E-state index in [2.05, 4.69) is 5.32 Å². The summed E-state index contributed by atoms with van der Waals surface area (Å²) in [7, 11) is 1.48. The number of amides is 1. The summed E-state index contributed by atoms with van der Waals surface area (Å²) in [6.45, 7) is 4.28. The van der Waals surface area contributed by atoms with Gasteiger partial charge in [-0.15, -0.1) is 0 Å². The second-order valence-electron chi connectivity index (χ2n) is 9.88. The Balaban J connectivity index is 1.89. The van der Waals surface area contributed by atoms with Gasteiger partial charge in [0.05, 0.1) is 16.9 Å². The van der Waals surface area contributed by atoms with Crippen molar-refractivity contribution in [3.63, 3.8) is 0 Å². The average molecular weight is 659 g/mol. The summed E-state index contributed by atoms with van der Waals surface area (Å²) < 4.78 is 19.2. The van der Waals surface area contributed by atoms with E-state index in [-0.39, 0.29) is 39.7 Å². The first kappa shape index (κ1) is 27.8. The fourth-order valence-corrected chi connectivity index (χ4v) is 5.47. The number of hydrogen-bond donors (Lipinski definition) is 2. The Bertz CT molecular complexity index is 1870. The summed E-state index contributed by atoms with van der Waals surface area (Å²) in [5.74, 6) is -0.938. The molecular formula is C28H27FIN5O5. The summed E-state index contributed by atoms with van der Waals surface area (Å²) in [6.07, 6.45) is 0.135. The Kier molecular flexibility index (Phi) is 7.17. The highest BCUT2D eigenvalue weighted by Crippen LogP contribution is 2.34. The summed E-state index contributed by atoms with van der Waals surface area (Å²) in [5, 5.41) is 13.2. The number of rotatable bonds is 6. The van der Waals surface area contributed by atoms with E-state index in [4.69, 9.17) is 0 Å². The molecule has 2 N–H and O–H groups in total. The van der Waals surface area contributed by atoms with Crippen molar-refractivity contribution in [1.29, 1.82) is 0 Å². The number of hydrogen-bond acceptors (Lipinski definition) is 6. The monoisotopic (exact) mass is 659 g/mol. The topological polar surface area (TPSA) is 119 Å². The Morgan fingerprint density at radius 3 is 2.45 bits per heavy atom. The van der Waals surface area contributed by atoms with Crippen molar-refractivity contribution in [3.05, 3.63) is 88.6 Å². The van der Waals surface area contributed by atoms with Crippen molar-refractivity contribution in [2.45, 2.75) is 45.9 Å². The van der Waals surface area contributed by atoms with E-state index in [1.807, 2.05) is 22.6 Å². The number of aliphatic hydroxyl groups is 1. The number of carbonyl (C=O) groups is 1. The van der Waals surface area contributed by atoms with Crippen LogP contribution in [-0.2, 0) is 11.8 Å². The van der Waals surface area contributed by atoms with Crippen LogP contribution in [0.3, 0.4) is 0 Å². The van der Waals surface area contributed by atoms with Gasteiger partial charge in [-0.1, -0.05) is 6.07 Å². The maximum Gasteiger partial charge on any atom is 0.336 e. The number of benzene rings is 2. The van der Waals surface area contributed by atoms with E-state index in [1.54, 1.807) is 30.3 Å². The van der Waals surface area contributed by atoms with E-state index in [0.29, 0.717) is 22.1 Å². The maximum atomic E-state index is 14.9. The lowest BCUT2D eigenvalue weighted by Crippen LogP contribution is -2.41. The van der Waals surface area contributed by atoms with Gasteiger partial charge < -0.3 is 10.4 Å². The molecule has 1 unspecified atom stereocenters. The highest BCUT2D eigenvalue weighted by molar-refractivity contribution is 14.1. The van der Waals surface area contributed by atoms with Crippen molar-refractivity contribution in [3.8, 4) is 5.69 Å². The minimum atomic E-state index is -1.14. The minimum Gasteiger partial charge on any atom is -0.373 e. The molecule has 2 heterocycles. The Morgan fingerprint density at radius 2 is 1.85 bits per heavy atom. The minimum absolute atomic E-state index is 0.0457. The van der Waals surface area contributed by atoms with Crippen LogP contribution in [0.4, 0.5) is 21.6 Å². The molecule has 2 aromatic carbocycles. The zero-order valence-corrected chi connectivity index (χ0v) is 24.4. The zero-order valence-electron chi connectivity index (χ0n) is 22.2. The van der Waals surface area contributed by atoms with Crippen molar-refractivity contribution < 1.29 is 14.3 Å². The van der Waals surface area contributed by atoms with Crippen molar-refractivity contribution in [1.82, 2.24) is 13.7 Å². The third-order valence-electron chi connectivity index (χ3n) is 7.02. The van der Waals surface area contributed by atoms with Crippen LogP contribution in [0.2, 0.25) is 0 Å². The van der Waals surface area contributed by atoms with Crippen LogP contribution in [0.5, 0.6) is 0 Å². The molecule has 0 bridgehead atoms. The van der Waals surface area contributed by atoms with Crippen LogP contribution in [0, 0.1) is 16.3 Å². The number of nitrogens with zero attached hydrogens (tertiary/aromatic N) is 4. The van der Waals surface area contributed by atoms with Crippen LogP contribution in [0.1, 0.15) is 38.3 Å². The molecule has 5 rings (SSSR count). The molecular weight excluding hydrogens is 632 g/mol. The van der Waals surface area contributed by atoms with Gasteiger partial charge >= 0.3 is 5.69 Å². The van der Waals surface area contributed by atoms with E-state index < -0.39 is 34.8 Å². The molecule has 4 aromatic rings. The standard InChI is InChI=1S/C28H27FIN5O5/c1-14-24-23(25(32(4)26(14)38)31-22-11-8-17(30)12-21(22)29)27(39)35(18-9-10-18)28(40)34(24)20-7-5-6-19(13-20)33(15(2)36)16(3)37/h5-8,11-13,15,18,31,36H,9-10H2,1-4H3. The number of pyridine rings is 1. The van der Waals surface area contributed by atoms with Crippen LogP contribution in [0.15, 0.2) is 56.8 Å². The lowest BCUT2D eigenvalue weighted by atomic mass is 10.1. The SMILES string of the molecule is CC(=O)N(c1cccc(-n2c(=O)n(C3CC3)c(=O)c3c(Nc4ccc(I)cc4F)n(C)c(=O)c(C)c32)c1)C(C)O. The molecule has 0 spiro atoms. The molecule has 1 atom stereocenters. The first-order valence-electron chi connectivity index (χ1n) is 12.6. The second-order valence-corrected chi connectivity index (χ2v) is 11.1. The molecule has 0 saturated heterocycles. The van der Waals surface area contributed by atoms with Gasteiger partial charge in [-0.05, 0) is 85.7 Å². The van der Waals surface area contributed by atoms with Gasteiger partial charge in [0.2, 0.25) is 5.91 Å². The molecule has 1 fully saturated rings. The number of aliphatic hydroxyl groups excluding tert-OH is 1. The first-order chi connectivity index (χ1) is 18.9. The van der Waals surface area contributed by atoms with Gasteiger partial charge in [0.1, 0.15) is 23.2 Å². The summed E-state index contributed by atoms with van der Waals surface area (Å²) in [6, 6.07) is 10.6. The van der Waals surface area contributed by atoms with Crippen molar-refractivity contribution in [2.75, 3.05) is 10.2 Å². The van der Waals surface area contributed by atoms with Crippen molar-refractivity contribution >= 4 is 56.6 Å². The predicted octanol–water partition coefficient (Wildman–Crippen LogP) is 3.67. The summed E-state index contributed by atoms with van der Waals surface area (Å²) in [4.78, 5) is 54.8. The highest BCUT2D eigenvalue weighted by atomic mass is 127. The highest BCUT2D eigenvalue weighted by Gasteiger charge is 2.32. The number of fused-ring (bicyclic) bond motifs is 1. The Hall–Kier alpha value is -3.78. The van der Waals surface area contributed by atoms with Crippen molar-refractivity contribution in [2.24, 2.45) is 7.05 Å². The maximum absolute atomic E-state index is 14.9. The lowest BCUT2D eigenvalue weighted by Gasteiger charge is -2.25. The molecule has 2 aromatic heterocycles. The number of aromatic nitrogens is 3. The number of carbonyl (C=O) groups excluding carboxylic acids is 1. The summed E-state index contributed by atoms with van der Waals surface area (Å²) in [5.41, 5.74) is -0.807. The van der Waals surface area contributed by atoms with Gasteiger partial charge in [-0.3, -0.25) is 33.0 Å². The fourth-order valence-electron chi connectivity index (χ4n) is 5.02. The molecule has 10 nitrogen and oxygen atoms in total. The Labute approximate surface area is 241 Å². The smallest absolute Gasteiger partial charge is 0.336 e. The molecule has 0 aliphatic heterocycles. The van der Waals surface area contributed by atoms with Gasteiger partial charge in [0, 0.05) is 34.8 Å². The third kappa shape index (κ3) is 4.64. The molecule has 0 radical (unpaired) electrons. The fraction of sp³-hybridized carbons (Fsp3) is 0.286. The van der Waals surface area contributed by atoms with Gasteiger partial charge in [0.25, 0.3) is 11.1 Å². The first-order valence-corrected chi connectivity index (χ1v) is 13.7. The molecule has 1 saturated carbocycles. The van der Waals surface area contributed by atoms with Crippen LogP contribution in [0.25, 0.3) is 16.6 Å². The molecule has 1 aliphatic carbocycles. The number of halogens is 2. The Morgan fingerprint density at radius 1 is 1.15 bits per heavy atom. The zero-order chi connectivity index (χ0) is 29.0.